The van der Waals surface area contributed by atoms with E-state index in [4.69, 9.17) is 5.73 Å². The molecule has 2 N–H and O–H groups in total. The van der Waals surface area contributed by atoms with Gasteiger partial charge in [-0.3, -0.25) is 4.79 Å². The lowest BCUT2D eigenvalue weighted by molar-refractivity contribution is 0.507. The lowest BCUT2D eigenvalue weighted by Crippen LogP contribution is -2.29. The molecule has 1 aromatic heterocycles. The highest BCUT2D eigenvalue weighted by atomic mass is 16.1. The average molecular weight is 284 g/mol. The average Bonchev–Trinajstić information content (AvgIpc) is 2.42. The molecule has 2 aromatic rings. The van der Waals surface area contributed by atoms with Crippen LogP contribution in [-0.2, 0) is 6.54 Å². The second kappa shape index (κ2) is 6.27. The minimum absolute atomic E-state index is 0.0135. The first-order chi connectivity index (χ1) is 9.90. The maximum atomic E-state index is 12.6. The Morgan fingerprint density at radius 2 is 1.86 bits per heavy atom. The van der Waals surface area contributed by atoms with Gasteiger partial charge in [0.15, 0.2) is 0 Å². The maximum Gasteiger partial charge on any atom is 0.255 e. The van der Waals surface area contributed by atoms with Crippen molar-refractivity contribution in [2.75, 3.05) is 0 Å². The molecule has 0 radical (unpaired) electrons. The largest absolute Gasteiger partial charge is 0.320 e. The zero-order valence-electron chi connectivity index (χ0n) is 13.3. The van der Waals surface area contributed by atoms with Crippen LogP contribution < -0.4 is 11.3 Å². The van der Waals surface area contributed by atoms with Crippen LogP contribution in [-0.4, -0.2) is 4.57 Å². The third-order valence-electron chi connectivity index (χ3n) is 3.72. The standard InChI is InChI=1S/C18H24N2O/c1-12(2)11-20-9-5-6-15(18(20)21)17(19)16-10-13(3)7-8-14(16)4/h5-10,12,17H,11,19H2,1-4H3. The highest BCUT2D eigenvalue weighted by molar-refractivity contribution is 5.38. The fourth-order valence-electron chi connectivity index (χ4n) is 2.59. The normalized spacial score (nSPS) is 12.7. The van der Waals surface area contributed by atoms with Crippen molar-refractivity contribution < 1.29 is 0 Å². The Balaban J connectivity index is 2.46. The van der Waals surface area contributed by atoms with E-state index in [1.54, 1.807) is 4.57 Å². The SMILES string of the molecule is Cc1ccc(C)c(C(N)c2cccn(CC(C)C)c2=O)c1. The predicted octanol–water partition coefficient (Wildman–Crippen LogP) is 3.17. The van der Waals surface area contributed by atoms with Crippen molar-refractivity contribution in [2.24, 2.45) is 11.7 Å². The van der Waals surface area contributed by atoms with Crippen LogP contribution in [0, 0.1) is 19.8 Å². The molecule has 1 aromatic carbocycles. The van der Waals surface area contributed by atoms with Crippen LogP contribution in [0.4, 0.5) is 0 Å². The van der Waals surface area contributed by atoms with Gasteiger partial charge in [-0.05, 0) is 37.0 Å². The van der Waals surface area contributed by atoms with E-state index in [1.165, 1.54) is 0 Å². The summed E-state index contributed by atoms with van der Waals surface area (Å²) in [7, 11) is 0. The van der Waals surface area contributed by atoms with Crippen molar-refractivity contribution in [3.63, 3.8) is 0 Å². The summed E-state index contributed by atoms with van der Waals surface area (Å²) in [6.45, 7) is 8.99. The van der Waals surface area contributed by atoms with Crippen LogP contribution in [0.15, 0.2) is 41.3 Å². The Labute approximate surface area is 126 Å². The molecule has 112 valence electrons. The molecule has 0 aliphatic rings. The van der Waals surface area contributed by atoms with Gasteiger partial charge in [0, 0.05) is 18.3 Å². The summed E-state index contributed by atoms with van der Waals surface area (Å²) in [4.78, 5) is 12.6. The number of rotatable bonds is 4. The first-order valence-corrected chi connectivity index (χ1v) is 7.42. The van der Waals surface area contributed by atoms with E-state index in [-0.39, 0.29) is 11.6 Å². The number of aromatic nitrogens is 1. The zero-order valence-corrected chi connectivity index (χ0v) is 13.3. The van der Waals surface area contributed by atoms with Crippen molar-refractivity contribution >= 4 is 0 Å². The molecule has 0 spiro atoms. The molecule has 0 saturated carbocycles. The first kappa shape index (κ1) is 15.5. The van der Waals surface area contributed by atoms with Gasteiger partial charge in [-0.25, -0.2) is 0 Å². The molecule has 2 rings (SSSR count). The molecule has 0 fully saturated rings. The fraction of sp³-hybridized carbons (Fsp3) is 0.389. The minimum atomic E-state index is -0.378. The Morgan fingerprint density at radius 1 is 1.14 bits per heavy atom. The zero-order chi connectivity index (χ0) is 15.6. The van der Waals surface area contributed by atoms with Crippen molar-refractivity contribution in [1.82, 2.24) is 4.57 Å². The van der Waals surface area contributed by atoms with Gasteiger partial charge in [-0.15, -0.1) is 0 Å². The summed E-state index contributed by atoms with van der Waals surface area (Å²) in [5, 5.41) is 0. The first-order valence-electron chi connectivity index (χ1n) is 7.42. The molecule has 0 saturated heterocycles. The van der Waals surface area contributed by atoms with Crippen molar-refractivity contribution in [2.45, 2.75) is 40.3 Å². The molecule has 0 bridgehead atoms. The van der Waals surface area contributed by atoms with E-state index in [9.17, 15) is 4.79 Å². The summed E-state index contributed by atoms with van der Waals surface area (Å²) in [5.41, 5.74) is 10.3. The van der Waals surface area contributed by atoms with Crippen LogP contribution in [0.5, 0.6) is 0 Å². The van der Waals surface area contributed by atoms with E-state index >= 15 is 0 Å². The number of benzene rings is 1. The number of nitrogens with zero attached hydrogens (tertiary/aromatic N) is 1. The molecule has 0 amide bonds. The van der Waals surface area contributed by atoms with Crippen LogP contribution in [0.25, 0.3) is 0 Å². The third-order valence-corrected chi connectivity index (χ3v) is 3.72. The van der Waals surface area contributed by atoms with Gasteiger partial charge in [-0.1, -0.05) is 43.7 Å². The molecular weight excluding hydrogens is 260 g/mol. The molecule has 3 heteroatoms. The highest BCUT2D eigenvalue weighted by Gasteiger charge is 2.16. The smallest absolute Gasteiger partial charge is 0.255 e. The Bertz CT molecular complexity index is 686. The highest BCUT2D eigenvalue weighted by Crippen LogP contribution is 2.21. The van der Waals surface area contributed by atoms with Gasteiger partial charge >= 0.3 is 0 Å². The van der Waals surface area contributed by atoms with Gasteiger partial charge in [-0.2, -0.15) is 0 Å². The van der Waals surface area contributed by atoms with E-state index in [0.29, 0.717) is 18.0 Å². The number of hydrogen-bond acceptors (Lipinski definition) is 2. The molecule has 0 aliphatic carbocycles. The number of nitrogens with two attached hydrogens (primary N) is 1. The van der Waals surface area contributed by atoms with Crippen LogP contribution in [0.2, 0.25) is 0 Å². The molecule has 3 nitrogen and oxygen atoms in total. The van der Waals surface area contributed by atoms with Crippen LogP contribution in [0.3, 0.4) is 0 Å². The third kappa shape index (κ3) is 3.42. The summed E-state index contributed by atoms with van der Waals surface area (Å²) >= 11 is 0. The molecular formula is C18H24N2O. The van der Waals surface area contributed by atoms with Gasteiger partial charge in [0.1, 0.15) is 0 Å². The summed E-state index contributed by atoms with van der Waals surface area (Å²) < 4.78 is 1.75. The van der Waals surface area contributed by atoms with Crippen LogP contribution >= 0.6 is 0 Å². The molecule has 1 heterocycles. The van der Waals surface area contributed by atoms with Crippen molar-refractivity contribution in [3.05, 3.63) is 69.1 Å². The van der Waals surface area contributed by atoms with E-state index < -0.39 is 0 Å². The molecule has 1 atom stereocenters. The Kier molecular flexibility index (Phi) is 4.63. The van der Waals surface area contributed by atoms with Gasteiger partial charge in [0.25, 0.3) is 5.56 Å². The van der Waals surface area contributed by atoms with Crippen molar-refractivity contribution in [1.29, 1.82) is 0 Å². The summed E-state index contributed by atoms with van der Waals surface area (Å²) in [6, 6.07) is 9.56. The van der Waals surface area contributed by atoms with E-state index in [0.717, 1.165) is 16.7 Å². The second-order valence-electron chi connectivity index (χ2n) is 6.15. The Hall–Kier alpha value is -1.87. The topological polar surface area (TPSA) is 48.0 Å². The monoisotopic (exact) mass is 284 g/mol. The van der Waals surface area contributed by atoms with E-state index in [2.05, 4.69) is 32.0 Å². The summed E-state index contributed by atoms with van der Waals surface area (Å²) in [5.74, 6) is 0.426. The lowest BCUT2D eigenvalue weighted by atomic mass is 9.95. The Morgan fingerprint density at radius 3 is 2.52 bits per heavy atom. The number of aryl methyl sites for hydroxylation is 2. The molecule has 1 unspecified atom stereocenters. The number of hydrogen-bond donors (Lipinski definition) is 1. The molecule has 0 aliphatic heterocycles. The van der Waals surface area contributed by atoms with Gasteiger partial charge in [0.2, 0.25) is 0 Å². The maximum absolute atomic E-state index is 12.6. The second-order valence-corrected chi connectivity index (χ2v) is 6.15. The van der Waals surface area contributed by atoms with Gasteiger partial charge < -0.3 is 10.3 Å². The van der Waals surface area contributed by atoms with Crippen molar-refractivity contribution in [3.8, 4) is 0 Å². The minimum Gasteiger partial charge on any atom is -0.320 e. The van der Waals surface area contributed by atoms with Crippen LogP contribution in [0.1, 0.15) is 42.1 Å². The lowest BCUT2D eigenvalue weighted by Gasteiger charge is -2.17. The number of pyridine rings is 1. The van der Waals surface area contributed by atoms with E-state index in [1.807, 2.05) is 32.2 Å². The quantitative estimate of drug-likeness (QED) is 0.937. The van der Waals surface area contributed by atoms with Gasteiger partial charge in [0.05, 0.1) is 6.04 Å². The predicted molar refractivity (Wildman–Crippen MR) is 87.5 cm³/mol. The molecule has 21 heavy (non-hydrogen) atoms. The summed E-state index contributed by atoms with van der Waals surface area (Å²) in [6.07, 6.45) is 1.83. The fourth-order valence-corrected chi connectivity index (χ4v) is 2.59.